The molecule has 0 aliphatic carbocycles. The van der Waals surface area contributed by atoms with E-state index in [9.17, 15) is 0 Å². The second-order valence-corrected chi connectivity index (χ2v) is 3.05. The molecule has 0 fully saturated rings. The largest absolute Gasteiger partial charge is 0.309 e. The van der Waals surface area contributed by atoms with Gasteiger partial charge in [-0.2, -0.15) is 0 Å². The Morgan fingerprint density at radius 3 is 2.43 bits per heavy atom. The van der Waals surface area contributed by atoms with Gasteiger partial charge < -0.3 is 5.32 Å². The van der Waals surface area contributed by atoms with Gasteiger partial charge in [0.15, 0.2) is 0 Å². The van der Waals surface area contributed by atoms with Gasteiger partial charge in [0.1, 0.15) is 0 Å². The van der Waals surface area contributed by atoms with Gasteiger partial charge in [-0.15, -0.1) is 0 Å². The van der Waals surface area contributed by atoms with Crippen LogP contribution < -0.4 is 5.32 Å². The molecular formula is C5H12IN. The molecule has 0 aromatic heterocycles. The molecule has 0 aliphatic heterocycles. The second kappa shape index (κ2) is 4.84. The van der Waals surface area contributed by atoms with E-state index in [1.54, 1.807) is 0 Å². The fourth-order valence-corrected chi connectivity index (χ4v) is 1.02. The Balaban J connectivity index is 2.83. The summed E-state index contributed by atoms with van der Waals surface area (Å²) in [6.45, 7) is 2.20. The summed E-state index contributed by atoms with van der Waals surface area (Å²) >= 11 is 2.39. The highest BCUT2D eigenvalue weighted by Crippen LogP contribution is 2.02. The van der Waals surface area contributed by atoms with Crippen molar-refractivity contribution in [1.29, 1.82) is 0 Å². The summed E-state index contributed by atoms with van der Waals surface area (Å²) in [6, 6.07) is 0. The van der Waals surface area contributed by atoms with E-state index in [0.717, 1.165) is 0 Å². The lowest BCUT2D eigenvalue weighted by Gasteiger charge is -2.03. The van der Waals surface area contributed by atoms with Crippen molar-refractivity contribution in [1.82, 2.24) is 5.32 Å². The molecule has 1 nitrogen and oxygen atoms in total. The maximum atomic E-state index is 3.15. The van der Waals surface area contributed by atoms with Gasteiger partial charge >= 0.3 is 0 Å². The standard InChI is InChI=1S/C5H12IN/c1-3-4-5(6)7-2/h5,7H,3-4H2,1-2H3. The van der Waals surface area contributed by atoms with E-state index < -0.39 is 0 Å². The maximum Gasteiger partial charge on any atom is 0.0591 e. The van der Waals surface area contributed by atoms with E-state index in [2.05, 4.69) is 34.8 Å². The van der Waals surface area contributed by atoms with Gasteiger partial charge in [0.05, 0.1) is 4.05 Å². The Morgan fingerprint density at radius 2 is 2.29 bits per heavy atom. The molecule has 0 radical (unpaired) electrons. The topological polar surface area (TPSA) is 12.0 Å². The zero-order valence-electron chi connectivity index (χ0n) is 4.87. The number of alkyl halides is 1. The molecule has 0 aromatic carbocycles. The summed E-state index contributed by atoms with van der Waals surface area (Å²) in [5.74, 6) is 0. The second-order valence-electron chi connectivity index (χ2n) is 1.54. The van der Waals surface area contributed by atoms with Crippen molar-refractivity contribution in [3.63, 3.8) is 0 Å². The molecule has 1 N–H and O–H groups in total. The van der Waals surface area contributed by atoms with Crippen LogP contribution in [0.4, 0.5) is 0 Å². The van der Waals surface area contributed by atoms with Crippen LogP contribution in [-0.2, 0) is 0 Å². The van der Waals surface area contributed by atoms with E-state index in [4.69, 9.17) is 0 Å². The fraction of sp³-hybridized carbons (Fsp3) is 1.00. The van der Waals surface area contributed by atoms with Crippen LogP contribution in [-0.4, -0.2) is 11.1 Å². The zero-order chi connectivity index (χ0) is 5.70. The van der Waals surface area contributed by atoms with Gasteiger partial charge in [-0.3, -0.25) is 0 Å². The van der Waals surface area contributed by atoms with Crippen LogP contribution >= 0.6 is 22.6 Å². The van der Waals surface area contributed by atoms with E-state index in [1.165, 1.54) is 12.8 Å². The number of hydrogen-bond donors (Lipinski definition) is 1. The molecule has 2 heteroatoms. The molecule has 0 amide bonds. The highest BCUT2D eigenvalue weighted by molar-refractivity contribution is 14.1. The molecule has 1 atom stereocenters. The van der Waals surface area contributed by atoms with Crippen molar-refractivity contribution < 1.29 is 0 Å². The van der Waals surface area contributed by atoms with E-state index >= 15 is 0 Å². The molecule has 0 heterocycles. The Hall–Kier alpha value is 0.690. The van der Waals surface area contributed by atoms with E-state index in [-0.39, 0.29) is 0 Å². The number of rotatable bonds is 3. The zero-order valence-corrected chi connectivity index (χ0v) is 7.03. The van der Waals surface area contributed by atoms with Crippen LogP contribution in [0, 0.1) is 0 Å². The highest BCUT2D eigenvalue weighted by atomic mass is 127. The van der Waals surface area contributed by atoms with Crippen LogP contribution in [0.2, 0.25) is 0 Å². The van der Waals surface area contributed by atoms with Gasteiger partial charge in [-0.1, -0.05) is 35.9 Å². The number of hydrogen-bond acceptors (Lipinski definition) is 1. The Morgan fingerprint density at radius 1 is 1.71 bits per heavy atom. The average molecular weight is 213 g/mol. The van der Waals surface area contributed by atoms with Crippen LogP contribution in [0.15, 0.2) is 0 Å². The summed E-state index contributed by atoms with van der Waals surface area (Å²) < 4.78 is 0.669. The Bertz CT molecular complexity index is 39.1. The normalized spacial score (nSPS) is 14.1. The van der Waals surface area contributed by atoms with E-state index in [1.807, 2.05) is 7.05 Å². The summed E-state index contributed by atoms with van der Waals surface area (Å²) in [5.41, 5.74) is 0. The van der Waals surface area contributed by atoms with Crippen molar-refractivity contribution in [2.24, 2.45) is 0 Å². The molecular weight excluding hydrogens is 201 g/mol. The van der Waals surface area contributed by atoms with Crippen LogP contribution in [0.5, 0.6) is 0 Å². The first kappa shape index (κ1) is 7.69. The van der Waals surface area contributed by atoms with Crippen molar-refractivity contribution >= 4 is 22.6 Å². The lowest BCUT2D eigenvalue weighted by molar-refractivity contribution is 0.687. The first-order chi connectivity index (χ1) is 3.31. The molecule has 0 spiro atoms. The number of halogens is 1. The average Bonchev–Trinajstić information content (AvgIpc) is 1.68. The smallest absolute Gasteiger partial charge is 0.0591 e. The lowest BCUT2D eigenvalue weighted by Crippen LogP contribution is -2.16. The molecule has 0 rings (SSSR count). The fourth-order valence-electron chi connectivity index (χ4n) is 0.398. The Labute approximate surface area is 59.0 Å². The maximum absolute atomic E-state index is 3.15. The molecule has 44 valence electrons. The number of nitrogens with one attached hydrogen (secondary N) is 1. The third-order valence-electron chi connectivity index (χ3n) is 0.855. The first-order valence-electron chi connectivity index (χ1n) is 2.62. The predicted molar refractivity (Wildman–Crippen MR) is 41.8 cm³/mol. The molecule has 1 unspecified atom stereocenters. The van der Waals surface area contributed by atoms with Crippen LogP contribution in [0.3, 0.4) is 0 Å². The minimum absolute atomic E-state index is 0.669. The lowest BCUT2D eigenvalue weighted by atomic mass is 10.3. The third kappa shape index (κ3) is 4.55. The van der Waals surface area contributed by atoms with E-state index in [0.29, 0.717) is 4.05 Å². The predicted octanol–water partition coefficient (Wildman–Crippen LogP) is 1.77. The molecule has 7 heavy (non-hydrogen) atoms. The highest BCUT2D eigenvalue weighted by Gasteiger charge is 1.93. The van der Waals surface area contributed by atoms with Crippen LogP contribution in [0.1, 0.15) is 19.8 Å². The van der Waals surface area contributed by atoms with Gasteiger partial charge in [-0.25, -0.2) is 0 Å². The van der Waals surface area contributed by atoms with Crippen molar-refractivity contribution in [2.45, 2.75) is 23.8 Å². The van der Waals surface area contributed by atoms with Gasteiger partial charge in [0.25, 0.3) is 0 Å². The Kier molecular flexibility index (Phi) is 5.32. The van der Waals surface area contributed by atoms with Crippen molar-refractivity contribution in [3.05, 3.63) is 0 Å². The summed E-state index contributed by atoms with van der Waals surface area (Å²) in [7, 11) is 1.99. The molecule has 0 saturated carbocycles. The minimum atomic E-state index is 0.669. The summed E-state index contributed by atoms with van der Waals surface area (Å²) in [4.78, 5) is 0. The minimum Gasteiger partial charge on any atom is -0.309 e. The van der Waals surface area contributed by atoms with Crippen LogP contribution in [0.25, 0.3) is 0 Å². The van der Waals surface area contributed by atoms with Gasteiger partial charge in [0.2, 0.25) is 0 Å². The quantitative estimate of drug-likeness (QED) is 0.428. The van der Waals surface area contributed by atoms with Crippen molar-refractivity contribution in [3.8, 4) is 0 Å². The SMILES string of the molecule is CCCC(I)NC. The summed E-state index contributed by atoms with van der Waals surface area (Å²) in [5, 5.41) is 3.15. The molecule has 0 aliphatic rings. The summed E-state index contributed by atoms with van der Waals surface area (Å²) in [6.07, 6.45) is 2.55. The first-order valence-corrected chi connectivity index (χ1v) is 3.87. The molecule has 0 aromatic rings. The molecule has 0 bridgehead atoms. The molecule has 0 saturated heterocycles. The van der Waals surface area contributed by atoms with Gasteiger partial charge in [0, 0.05) is 0 Å². The van der Waals surface area contributed by atoms with Crippen molar-refractivity contribution in [2.75, 3.05) is 7.05 Å². The monoisotopic (exact) mass is 213 g/mol. The van der Waals surface area contributed by atoms with Gasteiger partial charge in [-0.05, 0) is 13.5 Å². The third-order valence-corrected chi connectivity index (χ3v) is 2.10.